The average molecular weight is 286 g/mol. The van der Waals surface area contributed by atoms with E-state index in [2.05, 4.69) is 5.32 Å². The molecule has 0 aromatic carbocycles. The van der Waals surface area contributed by atoms with Gasteiger partial charge in [0.2, 0.25) is 5.91 Å². The van der Waals surface area contributed by atoms with Gasteiger partial charge in [0.05, 0.1) is 18.5 Å². The van der Waals surface area contributed by atoms with E-state index in [9.17, 15) is 9.59 Å². The van der Waals surface area contributed by atoms with Crippen molar-refractivity contribution in [1.29, 1.82) is 0 Å². The van der Waals surface area contributed by atoms with Crippen LogP contribution in [0, 0.1) is 0 Å². The van der Waals surface area contributed by atoms with Crippen LogP contribution in [0.15, 0.2) is 17.5 Å². The highest BCUT2D eigenvalue weighted by molar-refractivity contribution is 7.10. The van der Waals surface area contributed by atoms with Gasteiger partial charge in [-0.1, -0.05) is 6.07 Å². The van der Waals surface area contributed by atoms with Crippen molar-refractivity contribution in [2.45, 2.75) is 24.9 Å². The first-order valence-electron chi connectivity index (χ1n) is 5.84. The van der Waals surface area contributed by atoms with Gasteiger partial charge in [0, 0.05) is 18.6 Å². The van der Waals surface area contributed by atoms with Crippen LogP contribution in [-0.4, -0.2) is 36.7 Å². The van der Waals surface area contributed by atoms with E-state index >= 15 is 0 Å². The maximum absolute atomic E-state index is 11.9. The number of amides is 1. The Morgan fingerprint density at radius 3 is 2.84 bits per heavy atom. The minimum atomic E-state index is -0.968. The van der Waals surface area contributed by atoms with Crippen LogP contribution in [0.3, 0.4) is 0 Å². The number of ether oxygens (including phenoxy) is 1. The molecule has 2 unspecified atom stereocenters. The van der Waals surface area contributed by atoms with Crippen LogP contribution < -0.4 is 11.1 Å². The van der Waals surface area contributed by atoms with Gasteiger partial charge in [-0.25, -0.2) is 0 Å². The van der Waals surface area contributed by atoms with Gasteiger partial charge in [0.1, 0.15) is 0 Å². The first-order chi connectivity index (χ1) is 9.04. The van der Waals surface area contributed by atoms with Crippen LogP contribution in [0.1, 0.15) is 23.8 Å². The van der Waals surface area contributed by atoms with Gasteiger partial charge in [0.15, 0.2) is 0 Å². The lowest BCUT2D eigenvalue weighted by molar-refractivity contribution is -0.137. The number of carbonyl (C=O) groups is 2. The second-order valence-corrected chi connectivity index (χ2v) is 5.04. The lowest BCUT2D eigenvalue weighted by Gasteiger charge is -2.18. The Balaban J connectivity index is 2.62. The van der Waals surface area contributed by atoms with Crippen LogP contribution in [0.2, 0.25) is 0 Å². The zero-order valence-electron chi connectivity index (χ0n) is 10.7. The highest BCUT2D eigenvalue weighted by Gasteiger charge is 2.22. The first kappa shape index (κ1) is 15.6. The molecule has 0 fully saturated rings. The lowest BCUT2D eigenvalue weighted by Crippen LogP contribution is -2.43. The molecule has 0 aliphatic rings. The number of rotatable bonds is 8. The fourth-order valence-electron chi connectivity index (χ4n) is 1.54. The number of hydrogen-bond acceptors (Lipinski definition) is 5. The highest BCUT2D eigenvalue weighted by Crippen LogP contribution is 2.22. The van der Waals surface area contributed by atoms with Crippen molar-refractivity contribution in [2.75, 3.05) is 13.7 Å². The molecule has 0 saturated heterocycles. The van der Waals surface area contributed by atoms with Crippen molar-refractivity contribution in [3.05, 3.63) is 22.4 Å². The molecule has 7 heteroatoms. The minimum Gasteiger partial charge on any atom is -0.481 e. The third-order valence-corrected chi connectivity index (χ3v) is 3.54. The molecule has 0 bridgehead atoms. The molecule has 1 heterocycles. The predicted octanol–water partition coefficient (Wildman–Crippen LogP) is 0.744. The van der Waals surface area contributed by atoms with Gasteiger partial charge >= 0.3 is 5.97 Å². The van der Waals surface area contributed by atoms with Crippen molar-refractivity contribution >= 4 is 23.2 Å². The maximum atomic E-state index is 11.9. The molecule has 4 N–H and O–H groups in total. The number of nitrogens with two attached hydrogens (primary N) is 1. The fraction of sp³-hybridized carbons (Fsp3) is 0.500. The molecule has 1 amide bonds. The highest BCUT2D eigenvalue weighted by atomic mass is 32.1. The number of carboxylic acid groups (broad SMARTS) is 1. The van der Waals surface area contributed by atoms with Crippen LogP contribution in [0.5, 0.6) is 0 Å². The molecule has 1 aromatic rings. The maximum Gasteiger partial charge on any atom is 0.305 e. The van der Waals surface area contributed by atoms with Crippen molar-refractivity contribution in [1.82, 2.24) is 5.32 Å². The zero-order chi connectivity index (χ0) is 14.3. The van der Waals surface area contributed by atoms with Crippen molar-refractivity contribution in [3.63, 3.8) is 0 Å². The summed E-state index contributed by atoms with van der Waals surface area (Å²) in [6.45, 7) is 0.386. The number of carbonyl (C=O) groups excluding carboxylic acids is 1. The molecule has 106 valence electrons. The zero-order valence-corrected chi connectivity index (χ0v) is 11.5. The summed E-state index contributed by atoms with van der Waals surface area (Å²) in [5.41, 5.74) is 5.70. The summed E-state index contributed by atoms with van der Waals surface area (Å²) in [6, 6.07) is 2.36. The van der Waals surface area contributed by atoms with E-state index in [1.807, 2.05) is 11.4 Å². The number of methoxy groups -OCH3 is 1. The smallest absolute Gasteiger partial charge is 0.305 e. The quantitative estimate of drug-likeness (QED) is 0.654. The molecule has 0 radical (unpaired) electrons. The van der Waals surface area contributed by atoms with Crippen LogP contribution in [0.25, 0.3) is 0 Å². The Kier molecular flexibility index (Phi) is 6.48. The molecular formula is C12H18N2O4S. The molecular weight excluding hydrogens is 268 g/mol. The summed E-state index contributed by atoms with van der Waals surface area (Å²) in [5.74, 6) is -1.33. The standard InChI is InChI=1S/C12H18N2O4S/c1-18-5-4-8(13)12(17)14-9(7-11(15)16)10-3-2-6-19-10/h2-3,6,8-9H,4-5,7,13H2,1H3,(H,14,17)(H,15,16). The normalized spacial score (nSPS) is 13.8. The van der Waals surface area contributed by atoms with Crippen LogP contribution >= 0.6 is 11.3 Å². The summed E-state index contributed by atoms with van der Waals surface area (Å²) >= 11 is 1.40. The molecule has 0 spiro atoms. The third-order valence-electron chi connectivity index (χ3n) is 2.55. The second-order valence-electron chi connectivity index (χ2n) is 4.06. The molecule has 1 aromatic heterocycles. The van der Waals surface area contributed by atoms with Crippen molar-refractivity contribution < 1.29 is 19.4 Å². The van der Waals surface area contributed by atoms with E-state index in [0.717, 1.165) is 4.88 Å². The second kappa shape index (κ2) is 7.88. The molecule has 0 aliphatic heterocycles. The van der Waals surface area contributed by atoms with Crippen molar-refractivity contribution in [3.8, 4) is 0 Å². The van der Waals surface area contributed by atoms with Gasteiger partial charge in [-0.15, -0.1) is 11.3 Å². The Morgan fingerprint density at radius 2 is 2.32 bits per heavy atom. The summed E-state index contributed by atoms with van der Waals surface area (Å²) in [6.07, 6.45) is 0.232. The van der Waals surface area contributed by atoms with E-state index in [4.69, 9.17) is 15.6 Å². The van der Waals surface area contributed by atoms with Gasteiger partial charge < -0.3 is 20.9 Å². The van der Waals surface area contributed by atoms with E-state index in [1.54, 1.807) is 6.07 Å². The summed E-state index contributed by atoms with van der Waals surface area (Å²) < 4.78 is 4.85. The first-order valence-corrected chi connectivity index (χ1v) is 6.72. The van der Waals surface area contributed by atoms with E-state index < -0.39 is 18.1 Å². The SMILES string of the molecule is COCCC(N)C(=O)NC(CC(=O)O)c1cccs1. The number of hydrogen-bond donors (Lipinski definition) is 3. The molecule has 0 saturated carbocycles. The minimum absolute atomic E-state index is 0.163. The van der Waals surface area contributed by atoms with Gasteiger partial charge in [-0.05, 0) is 17.9 Å². The Hall–Kier alpha value is -1.44. The molecule has 6 nitrogen and oxygen atoms in total. The van der Waals surface area contributed by atoms with Gasteiger partial charge in [-0.2, -0.15) is 0 Å². The van der Waals surface area contributed by atoms with Crippen LogP contribution in [-0.2, 0) is 14.3 Å². The topological polar surface area (TPSA) is 102 Å². The number of nitrogens with one attached hydrogen (secondary N) is 1. The summed E-state index contributed by atoms with van der Waals surface area (Å²) in [5, 5.41) is 13.4. The van der Waals surface area contributed by atoms with E-state index in [-0.39, 0.29) is 12.3 Å². The van der Waals surface area contributed by atoms with Crippen LogP contribution in [0.4, 0.5) is 0 Å². The number of thiophene rings is 1. The molecule has 2 atom stereocenters. The van der Waals surface area contributed by atoms with Gasteiger partial charge in [-0.3, -0.25) is 9.59 Å². The number of aliphatic carboxylic acids is 1. The third kappa shape index (κ3) is 5.37. The predicted molar refractivity (Wildman–Crippen MR) is 71.9 cm³/mol. The Morgan fingerprint density at radius 1 is 1.58 bits per heavy atom. The Labute approximate surface area is 115 Å². The molecule has 0 aliphatic carbocycles. The average Bonchev–Trinajstić information content (AvgIpc) is 2.88. The number of carboxylic acids is 1. The fourth-order valence-corrected chi connectivity index (χ4v) is 2.32. The van der Waals surface area contributed by atoms with E-state index in [1.165, 1.54) is 18.4 Å². The van der Waals surface area contributed by atoms with E-state index in [0.29, 0.717) is 13.0 Å². The lowest BCUT2D eigenvalue weighted by atomic mass is 10.1. The molecule has 19 heavy (non-hydrogen) atoms. The largest absolute Gasteiger partial charge is 0.481 e. The molecule has 1 rings (SSSR count). The van der Waals surface area contributed by atoms with Crippen molar-refractivity contribution in [2.24, 2.45) is 5.73 Å². The Bertz CT molecular complexity index is 408. The van der Waals surface area contributed by atoms with Gasteiger partial charge in [0.25, 0.3) is 0 Å². The summed E-state index contributed by atoms with van der Waals surface area (Å²) in [7, 11) is 1.53. The monoisotopic (exact) mass is 286 g/mol. The summed E-state index contributed by atoms with van der Waals surface area (Å²) in [4.78, 5) is 23.5.